The monoisotopic (exact) mass is 380 g/mol. The van der Waals surface area contributed by atoms with E-state index in [-0.39, 0.29) is 12.5 Å². The first-order valence-corrected chi connectivity index (χ1v) is 9.87. The molecule has 6 nitrogen and oxygen atoms in total. The molecular weight excluding hydrogens is 352 g/mol. The van der Waals surface area contributed by atoms with Gasteiger partial charge in [-0.2, -0.15) is 0 Å². The minimum Gasteiger partial charge on any atom is -0.457 e. The summed E-state index contributed by atoms with van der Waals surface area (Å²) in [4.78, 5) is 18.8. The Bertz CT molecular complexity index is 786. The van der Waals surface area contributed by atoms with Crippen molar-refractivity contribution in [3.63, 3.8) is 0 Å². The van der Waals surface area contributed by atoms with Gasteiger partial charge in [0.05, 0.1) is 13.1 Å². The van der Waals surface area contributed by atoms with Crippen LogP contribution >= 0.6 is 0 Å². The molecule has 1 aliphatic rings. The Kier molecular flexibility index (Phi) is 7.29. The molecule has 1 amide bonds. The van der Waals surface area contributed by atoms with Crippen LogP contribution in [0.4, 0.5) is 0 Å². The van der Waals surface area contributed by atoms with Crippen molar-refractivity contribution < 1.29 is 9.53 Å². The van der Waals surface area contributed by atoms with Gasteiger partial charge in [0.1, 0.15) is 11.5 Å². The van der Waals surface area contributed by atoms with Crippen molar-refractivity contribution >= 4 is 11.9 Å². The van der Waals surface area contributed by atoms with Crippen LogP contribution in [0.1, 0.15) is 25.3 Å². The summed E-state index contributed by atoms with van der Waals surface area (Å²) in [5.74, 6) is 2.32. The smallest absolute Gasteiger partial charge is 0.241 e. The van der Waals surface area contributed by atoms with Gasteiger partial charge in [0.25, 0.3) is 0 Å². The zero-order chi connectivity index (χ0) is 19.6. The van der Waals surface area contributed by atoms with Crippen LogP contribution < -0.4 is 15.4 Å². The average Bonchev–Trinajstić information content (AvgIpc) is 3.27. The quantitative estimate of drug-likeness (QED) is 0.572. The van der Waals surface area contributed by atoms with Gasteiger partial charge < -0.3 is 20.3 Å². The molecule has 0 aromatic heterocycles. The lowest BCUT2D eigenvalue weighted by Crippen LogP contribution is -2.44. The average molecular weight is 380 g/mol. The number of hydrogen-bond acceptors (Lipinski definition) is 3. The number of guanidine groups is 1. The van der Waals surface area contributed by atoms with Gasteiger partial charge in [-0.05, 0) is 38.0 Å². The van der Waals surface area contributed by atoms with Gasteiger partial charge in [-0.3, -0.25) is 4.79 Å². The highest BCUT2D eigenvalue weighted by molar-refractivity contribution is 5.86. The Labute approximate surface area is 166 Å². The van der Waals surface area contributed by atoms with Gasteiger partial charge in [0.15, 0.2) is 5.96 Å². The number of para-hydroxylation sites is 2. The first-order valence-electron chi connectivity index (χ1n) is 9.87. The van der Waals surface area contributed by atoms with Gasteiger partial charge in [-0.1, -0.05) is 36.4 Å². The molecular formula is C22H28N4O2. The summed E-state index contributed by atoms with van der Waals surface area (Å²) < 4.78 is 6.00. The van der Waals surface area contributed by atoms with Crippen molar-refractivity contribution in [1.82, 2.24) is 15.5 Å². The van der Waals surface area contributed by atoms with Crippen molar-refractivity contribution in [2.45, 2.75) is 26.3 Å². The molecule has 2 aromatic carbocycles. The number of likely N-dealkylation sites (tertiary alicyclic amines) is 1. The number of aliphatic imine (C=N–C) groups is 1. The Morgan fingerprint density at radius 1 is 1.04 bits per heavy atom. The van der Waals surface area contributed by atoms with E-state index in [0.717, 1.165) is 49.5 Å². The van der Waals surface area contributed by atoms with Crippen molar-refractivity contribution in [3.05, 3.63) is 60.2 Å². The molecule has 6 heteroatoms. The number of carbonyl (C=O) groups excluding carboxylic acids is 1. The fraction of sp³-hybridized carbons (Fsp3) is 0.364. The van der Waals surface area contributed by atoms with Crippen LogP contribution in [0.25, 0.3) is 0 Å². The van der Waals surface area contributed by atoms with E-state index in [0.29, 0.717) is 12.5 Å². The molecule has 148 valence electrons. The molecule has 1 fully saturated rings. The second-order valence-electron chi connectivity index (χ2n) is 6.66. The fourth-order valence-electron chi connectivity index (χ4n) is 3.09. The molecule has 0 radical (unpaired) electrons. The number of carbonyl (C=O) groups is 1. The maximum atomic E-state index is 12.2. The highest BCUT2D eigenvalue weighted by atomic mass is 16.5. The van der Waals surface area contributed by atoms with Crippen LogP contribution in [0.3, 0.4) is 0 Å². The molecule has 0 spiro atoms. The fourth-order valence-corrected chi connectivity index (χ4v) is 3.09. The highest BCUT2D eigenvalue weighted by Crippen LogP contribution is 2.25. The van der Waals surface area contributed by atoms with Crippen LogP contribution in [-0.4, -0.2) is 42.9 Å². The Balaban J connectivity index is 1.63. The molecule has 0 aliphatic carbocycles. The van der Waals surface area contributed by atoms with Gasteiger partial charge in [-0.15, -0.1) is 0 Å². The minimum atomic E-state index is 0.121. The van der Waals surface area contributed by atoms with E-state index in [2.05, 4.69) is 15.6 Å². The summed E-state index contributed by atoms with van der Waals surface area (Å²) in [5.41, 5.74) is 0.981. The molecule has 0 atom stereocenters. The van der Waals surface area contributed by atoms with E-state index in [4.69, 9.17) is 4.74 Å². The third-order valence-electron chi connectivity index (χ3n) is 4.56. The number of rotatable bonds is 7. The van der Waals surface area contributed by atoms with E-state index in [9.17, 15) is 4.79 Å². The molecule has 3 rings (SSSR count). The van der Waals surface area contributed by atoms with Gasteiger partial charge in [0.2, 0.25) is 5.91 Å². The predicted octanol–water partition coefficient (Wildman–Crippen LogP) is 3.16. The lowest BCUT2D eigenvalue weighted by Gasteiger charge is -2.17. The van der Waals surface area contributed by atoms with E-state index >= 15 is 0 Å². The first kappa shape index (κ1) is 19.7. The number of nitrogens with one attached hydrogen (secondary N) is 2. The van der Waals surface area contributed by atoms with E-state index < -0.39 is 0 Å². The van der Waals surface area contributed by atoms with Crippen LogP contribution in [0, 0.1) is 0 Å². The summed E-state index contributed by atoms with van der Waals surface area (Å²) in [7, 11) is 0. The molecule has 1 saturated heterocycles. The van der Waals surface area contributed by atoms with Crippen molar-refractivity contribution in [2.24, 2.45) is 4.99 Å². The second-order valence-corrected chi connectivity index (χ2v) is 6.66. The van der Waals surface area contributed by atoms with Crippen LogP contribution in [0.5, 0.6) is 11.5 Å². The Morgan fingerprint density at radius 2 is 1.75 bits per heavy atom. The van der Waals surface area contributed by atoms with Gasteiger partial charge >= 0.3 is 0 Å². The van der Waals surface area contributed by atoms with Crippen LogP contribution in [0.2, 0.25) is 0 Å². The van der Waals surface area contributed by atoms with Crippen molar-refractivity contribution in [2.75, 3.05) is 26.2 Å². The van der Waals surface area contributed by atoms with Crippen molar-refractivity contribution in [3.8, 4) is 11.5 Å². The summed E-state index contributed by atoms with van der Waals surface area (Å²) in [6, 6.07) is 17.6. The van der Waals surface area contributed by atoms with E-state index in [1.165, 1.54) is 0 Å². The highest BCUT2D eigenvalue weighted by Gasteiger charge is 2.17. The minimum absolute atomic E-state index is 0.121. The SMILES string of the molecule is CCNC(=NCc1ccccc1Oc1ccccc1)NCC(=O)N1CCCC1. The summed E-state index contributed by atoms with van der Waals surface area (Å²) in [6.45, 7) is 5.17. The van der Waals surface area contributed by atoms with E-state index in [1.54, 1.807) is 0 Å². The van der Waals surface area contributed by atoms with E-state index in [1.807, 2.05) is 66.4 Å². The largest absolute Gasteiger partial charge is 0.457 e. The molecule has 1 aliphatic heterocycles. The number of amides is 1. The maximum absolute atomic E-state index is 12.2. The number of ether oxygens (including phenoxy) is 1. The normalized spacial score (nSPS) is 14.0. The topological polar surface area (TPSA) is 66.0 Å². The number of hydrogen-bond donors (Lipinski definition) is 2. The summed E-state index contributed by atoms with van der Waals surface area (Å²) in [6.07, 6.45) is 2.19. The third-order valence-corrected chi connectivity index (χ3v) is 4.56. The van der Waals surface area contributed by atoms with Crippen LogP contribution in [0.15, 0.2) is 59.6 Å². The number of nitrogens with zero attached hydrogens (tertiary/aromatic N) is 2. The molecule has 0 unspecified atom stereocenters. The summed E-state index contributed by atoms with van der Waals surface area (Å²) in [5, 5.41) is 6.34. The lowest BCUT2D eigenvalue weighted by atomic mass is 10.2. The molecule has 0 bridgehead atoms. The molecule has 2 aromatic rings. The lowest BCUT2D eigenvalue weighted by molar-refractivity contribution is -0.128. The summed E-state index contributed by atoms with van der Waals surface area (Å²) >= 11 is 0. The van der Waals surface area contributed by atoms with Gasteiger partial charge in [-0.25, -0.2) is 4.99 Å². The maximum Gasteiger partial charge on any atom is 0.241 e. The molecule has 1 heterocycles. The van der Waals surface area contributed by atoms with Crippen LogP contribution in [-0.2, 0) is 11.3 Å². The predicted molar refractivity (Wildman–Crippen MR) is 112 cm³/mol. The number of benzene rings is 2. The first-order chi connectivity index (χ1) is 13.8. The third kappa shape index (κ3) is 5.74. The molecule has 2 N–H and O–H groups in total. The Hall–Kier alpha value is -3.02. The second kappa shape index (κ2) is 10.3. The molecule has 28 heavy (non-hydrogen) atoms. The zero-order valence-corrected chi connectivity index (χ0v) is 16.4. The standard InChI is InChI=1S/C22H28N4O2/c1-2-23-22(25-17-21(27)26-14-8-9-15-26)24-16-18-10-6-7-13-20(18)28-19-11-4-3-5-12-19/h3-7,10-13H,2,8-9,14-17H2,1H3,(H2,23,24,25). The van der Waals surface area contributed by atoms with Gasteiger partial charge in [0, 0.05) is 25.2 Å². The van der Waals surface area contributed by atoms with Crippen molar-refractivity contribution in [1.29, 1.82) is 0 Å². The Morgan fingerprint density at radius 3 is 2.50 bits per heavy atom. The zero-order valence-electron chi connectivity index (χ0n) is 16.4. The molecule has 0 saturated carbocycles.